The van der Waals surface area contributed by atoms with Crippen molar-refractivity contribution in [2.75, 3.05) is 14.2 Å². The first-order chi connectivity index (χ1) is 12.3. The Morgan fingerprint density at radius 3 is 2.54 bits per heavy atom. The van der Waals surface area contributed by atoms with Crippen LogP contribution in [0.15, 0.2) is 23.1 Å². The van der Waals surface area contributed by atoms with Gasteiger partial charge in [0.2, 0.25) is 10.0 Å². The lowest BCUT2D eigenvalue weighted by Crippen LogP contribution is -2.38. The second-order valence-electron chi connectivity index (χ2n) is 6.60. The Morgan fingerprint density at radius 2 is 1.96 bits per heavy atom. The van der Waals surface area contributed by atoms with Crippen molar-refractivity contribution in [2.24, 2.45) is 5.92 Å². The van der Waals surface area contributed by atoms with Gasteiger partial charge in [-0.1, -0.05) is 0 Å². The van der Waals surface area contributed by atoms with E-state index >= 15 is 0 Å². The van der Waals surface area contributed by atoms with Crippen molar-refractivity contribution in [3.05, 3.63) is 29.3 Å². The molecule has 1 aromatic carbocycles. The first-order valence-electron chi connectivity index (χ1n) is 8.27. The van der Waals surface area contributed by atoms with Gasteiger partial charge < -0.3 is 14.6 Å². The number of carboxylic acids is 1. The molecule has 2 bridgehead atoms. The Bertz CT molecular complexity index is 836. The molecule has 2 aliphatic rings. The van der Waals surface area contributed by atoms with Crippen molar-refractivity contribution in [3.63, 3.8) is 0 Å². The number of carbonyl (C=O) groups is 2. The minimum atomic E-state index is -3.94. The summed E-state index contributed by atoms with van der Waals surface area (Å²) in [7, 11) is -1.25. The van der Waals surface area contributed by atoms with E-state index < -0.39 is 33.9 Å². The minimum absolute atomic E-state index is 0.0459. The lowest BCUT2D eigenvalue weighted by molar-refractivity contribution is -0.142. The predicted molar refractivity (Wildman–Crippen MR) is 90.1 cm³/mol. The number of methoxy groups -OCH3 is 2. The summed E-state index contributed by atoms with van der Waals surface area (Å²) in [4.78, 5) is 23.3. The van der Waals surface area contributed by atoms with Crippen molar-refractivity contribution in [3.8, 4) is 0 Å². The molecule has 2 fully saturated rings. The maximum atomic E-state index is 13.2. The van der Waals surface area contributed by atoms with E-state index in [0.717, 1.165) is 0 Å². The van der Waals surface area contributed by atoms with Crippen LogP contribution in [-0.4, -0.2) is 56.1 Å². The summed E-state index contributed by atoms with van der Waals surface area (Å²) in [5.74, 6) is -2.31. The first kappa shape index (κ1) is 18.8. The largest absolute Gasteiger partial charge is 0.481 e. The van der Waals surface area contributed by atoms with E-state index in [4.69, 9.17) is 9.47 Å². The van der Waals surface area contributed by atoms with Crippen molar-refractivity contribution >= 4 is 22.0 Å². The van der Waals surface area contributed by atoms with Crippen LogP contribution in [0, 0.1) is 5.92 Å². The third-order valence-electron chi connectivity index (χ3n) is 5.06. The standard InChI is InChI=1S/C17H21NO7S/c1-24-9-10-5-11(17(21)25-2)7-13(6-10)26(22,23)18-12-3-4-15(18)14(8-12)16(19)20/h5-7,12,14-15H,3-4,8-9H2,1-2H3,(H,19,20). The number of aliphatic carboxylic acids is 1. The number of esters is 1. The number of hydrogen-bond donors (Lipinski definition) is 1. The highest BCUT2D eigenvalue weighted by Gasteiger charge is 2.54. The van der Waals surface area contributed by atoms with Gasteiger partial charge in [0.25, 0.3) is 0 Å². The van der Waals surface area contributed by atoms with Crippen LogP contribution < -0.4 is 0 Å². The van der Waals surface area contributed by atoms with E-state index in [2.05, 4.69) is 0 Å². The zero-order valence-electron chi connectivity index (χ0n) is 14.5. The van der Waals surface area contributed by atoms with Crippen LogP contribution in [0.5, 0.6) is 0 Å². The third-order valence-corrected chi connectivity index (χ3v) is 7.02. The van der Waals surface area contributed by atoms with Crippen LogP contribution in [0.25, 0.3) is 0 Å². The predicted octanol–water partition coefficient (Wildman–Crippen LogP) is 1.25. The molecule has 1 N–H and O–H groups in total. The van der Waals surface area contributed by atoms with Crippen molar-refractivity contribution in [1.29, 1.82) is 0 Å². The molecule has 3 unspecified atom stereocenters. The normalized spacial score (nSPS) is 25.4. The summed E-state index contributed by atoms with van der Waals surface area (Å²) < 4.78 is 37.5. The van der Waals surface area contributed by atoms with Gasteiger partial charge in [-0.15, -0.1) is 0 Å². The molecule has 2 saturated heterocycles. The molecule has 26 heavy (non-hydrogen) atoms. The minimum Gasteiger partial charge on any atom is -0.481 e. The fourth-order valence-corrected chi connectivity index (χ4v) is 6.01. The topological polar surface area (TPSA) is 110 Å². The molecule has 142 valence electrons. The average molecular weight is 383 g/mol. The fourth-order valence-electron chi connectivity index (χ4n) is 4.00. The lowest BCUT2D eigenvalue weighted by atomic mass is 9.89. The highest BCUT2D eigenvalue weighted by molar-refractivity contribution is 7.89. The highest BCUT2D eigenvalue weighted by Crippen LogP contribution is 2.45. The smallest absolute Gasteiger partial charge is 0.337 e. The summed E-state index contributed by atoms with van der Waals surface area (Å²) in [6.45, 7) is 0.137. The molecular formula is C17H21NO7S. The van der Waals surface area contributed by atoms with E-state index in [-0.39, 0.29) is 23.1 Å². The molecule has 0 aromatic heterocycles. The summed E-state index contributed by atoms with van der Waals surface area (Å²) in [6.07, 6.45) is 1.50. The Morgan fingerprint density at radius 1 is 1.23 bits per heavy atom. The van der Waals surface area contributed by atoms with E-state index in [1.54, 1.807) is 0 Å². The van der Waals surface area contributed by atoms with E-state index in [1.807, 2.05) is 0 Å². The molecule has 2 aliphatic heterocycles. The number of fused-ring (bicyclic) bond motifs is 2. The SMILES string of the molecule is COCc1cc(C(=O)OC)cc(S(=O)(=O)N2C3CCC2C(C(=O)O)C3)c1. The zero-order valence-corrected chi connectivity index (χ0v) is 15.4. The molecule has 8 nitrogen and oxygen atoms in total. The Labute approximate surface area is 151 Å². The van der Waals surface area contributed by atoms with Crippen molar-refractivity contribution < 1.29 is 32.6 Å². The molecule has 2 heterocycles. The average Bonchev–Trinajstić information content (AvgIpc) is 3.20. The highest BCUT2D eigenvalue weighted by atomic mass is 32.2. The summed E-state index contributed by atoms with van der Waals surface area (Å²) in [6, 6.07) is 3.38. The molecule has 0 amide bonds. The Kier molecular flexibility index (Phi) is 5.05. The van der Waals surface area contributed by atoms with Gasteiger partial charge in [0.1, 0.15) is 0 Å². The van der Waals surface area contributed by atoms with Gasteiger partial charge in [-0.25, -0.2) is 13.2 Å². The number of nitrogens with zero attached hydrogens (tertiary/aromatic N) is 1. The second kappa shape index (κ2) is 6.98. The number of carbonyl (C=O) groups excluding carboxylic acids is 1. The quantitative estimate of drug-likeness (QED) is 0.736. The number of sulfonamides is 1. The van der Waals surface area contributed by atoms with Gasteiger partial charge in [0.15, 0.2) is 0 Å². The van der Waals surface area contributed by atoms with Crippen LogP contribution in [0.4, 0.5) is 0 Å². The van der Waals surface area contributed by atoms with Gasteiger partial charge in [0, 0.05) is 19.2 Å². The van der Waals surface area contributed by atoms with E-state index in [0.29, 0.717) is 24.8 Å². The Hall–Kier alpha value is -1.97. The zero-order chi connectivity index (χ0) is 19.1. The van der Waals surface area contributed by atoms with Gasteiger partial charge >= 0.3 is 11.9 Å². The first-order valence-corrected chi connectivity index (χ1v) is 9.71. The van der Waals surface area contributed by atoms with E-state index in [9.17, 15) is 23.1 Å². The monoisotopic (exact) mass is 383 g/mol. The molecule has 0 spiro atoms. The number of carboxylic acid groups (broad SMARTS) is 1. The number of rotatable bonds is 6. The van der Waals surface area contributed by atoms with Crippen LogP contribution in [0.2, 0.25) is 0 Å². The van der Waals surface area contributed by atoms with E-state index in [1.165, 1.54) is 36.7 Å². The summed E-state index contributed by atoms with van der Waals surface area (Å²) in [5, 5.41) is 9.35. The van der Waals surface area contributed by atoms with Crippen molar-refractivity contribution in [2.45, 2.75) is 42.8 Å². The molecule has 3 rings (SSSR count). The third kappa shape index (κ3) is 3.10. The molecule has 9 heteroatoms. The molecular weight excluding hydrogens is 362 g/mol. The van der Waals surface area contributed by atoms with Gasteiger partial charge in [0.05, 0.1) is 30.1 Å². The maximum absolute atomic E-state index is 13.2. The molecule has 0 saturated carbocycles. The second-order valence-corrected chi connectivity index (χ2v) is 8.45. The maximum Gasteiger partial charge on any atom is 0.337 e. The Balaban J connectivity index is 2.03. The van der Waals surface area contributed by atoms with Crippen LogP contribution in [0.1, 0.15) is 35.2 Å². The number of ether oxygens (including phenoxy) is 2. The summed E-state index contributed by atoms with van der Waals surface area (Å²) >= 11 is 0. The van der Waals surface area contributed by atoms with Crippen LogP contribution >= 0.6 is 0 Å². The fraction of sp³-hybridized carbons (Fsp3) is 0.529. The molecule has 1 aromatic rings. The molecule has 0 aliphatic carbocycles. The van der Waals surface area contributed by atoms with Gasteiger partial charge in [-0.3, -0.25) is 4.79 Å². The number of hydrogen-bond acceptors (Lipinski definition) is 6. The lowest BCUT2D eigenvalue weighted by Gasteiger charge is -2.23. The van der Waals surface area contributed by atoms with Crippen LogP contribution in [0.3, 0.4) is 0 Å². The molecule has 3 atom stereocenters. The van der Waals surface area contributed by atoms with Crippen molar-refractivity contribution in [1.82, 2.24) is 4.31 Å². The molecule has 0 radical (unpaired) electrons. The van der Waals surface area contributed by atoms with Gasteiger partial charge in [-0.2, -0.15) is 4.31 Å². The van der Waals surface area contributed by atoms with Gasteiger partial charge in [-0.05, 0) is 43.0 Å². The number of benzene rings is 1. The summed E-state index contributed by atoms with van der Waals surface area (Å²) in [5.41, 5.74) is 0.636. The van der Waals surface area contributed by atoms with Crippen LogP contribution in [-0.2, 0) is 30.9 Å².